The largest absolute Gasteiger partial charge is 0.496 e. The summed E-state index contributed by atoms with van der Waals surface area (Å²) in [6.45, 7) is 0. The molecule has 0 unspecified atom stereocenters. The molecule has 2 heterocycles. The maximum atomic E-state index is 13.6. The van der Waals surface area contributed by atoms with Crippen molar-refractivity contribution in [1.82, 2.24) is 9.55 Å². The van der Waals surface area contributed by atoms with Gasteiger partial charge in [0.2, 0.25) is 11.6 Å². The predicted molar refractivity (Wildman–Crippen MR) is 131 cm³/mol. The number of para-hydroxylation sites is 2. The molecule has 33 heavy (non-hydrogen) atoms. The SMILES string of the molecule is COc1ccccc1C(=O)c1[nH]ccc1-n1c(Cl)c(Cl)c(Br)c1C(=O)c1ccccc1OC. The summed E-state index contributed by atoms with van der Waals surface area (Å²) in [6.07, 6.45) is 1.59. The number of rotatable bonds is 7. The molecule has 168 valence electrons. The summed E-state index contributed by atoms with van der Waals surface area (Å²) in [4.78, 5) is 30.0. The van der Waals surface area contributed by atoms with Crippen LogP contribution in [0.3, 0.4) is 0 Å². The molecule has 0 aliphatic carbocycles. The Labute approximate surface area is 208 Å². The van der Waals surface area contributed by atoms with E-state index in [2.05, 4.69) is 20.9 Å². The Morgan fingerprint density at radius 3 is 2.00 bits per heavy atom. The fraction of sp³-hybridized carbons (Fsp3) is 0.0833. The van der Waals surface area contributed by atoms with E-state index >= 15 is 0 Å². The maximum absolute atomic E-state index is 13.6. The van der Waals surface area contributed by atoms with E-state index < -0.39 is 0 Å². The van der Waals surface area contributed by atoms with Gasteiger partial charge < -0.3 is 14.5 Å². The molecule has 0 radical (unpaired) electrons. The minimum absolute atomic E-state index is 0.0791. The second-order valence-corrected chi connectivity index (χ2v) is 8.43. The molecule has 0 fully saturated rings. The topological polar surface area (TPSA) is 73.3 Å². The van der Waals surface area contributed by atoms with Crippen LogP contribution in [0.4, 0.5) is 0 Å². The van der Waals surface area contributed by atoms with Gasteiger partial charge in [-0.3, -0.25) is 14.2 Å². The van der Waals surface area contributed by atoms with Crippen molar-refractivity contribution in [2.45, 2.75) is 0 Å². The van der Waals surface area contributed by atoms with Gasteiger partial charge >= 0.3 is 0 Å². The van der Waals surface area contributed by atoms with Crippen LogP contribution < -0.4 is 9.47 Å². The first-order chi connectivity index (χ1) is 15.9. The fourth-order valence-electron chi connectivity index (χ4n) is 3.57. The van der Waals surface area contributed by atoms with Gasteiger partial charge in [0.25, 0.3) is 0 Å². The van der Waals surface area contributed by atoms with Crippen LogP contribution in [0, 0.1) is 0 Å². The van der Waals surface area contributed by atoms with Crippen LogP contribution in [0.5, 0.6) is 11.5 Å². The van der Waals surface area contributed by atoms with Crippen LogP contribution in [0.2, 0.25) is 10.2 Å². The fourth-order valence-corrected chi connectivity index (χ4v) is 4.68. The number of nitrogens with zero attached hydrogens (tertiary/aromatic N) is 1. The van der Waals surface area contributed by atoms with E-state index in [9.17, 15) is 9.59 Å². The molecule has 0 atom stereocenters. The molecule has 4 aromatic rings. The summed E-state index contributed by atoms with van der Waals surface area (Å²) >= 11 is 16.4. The zero-order chi connectivity index (χ0) is 23.7. The lowest BCUT2D eigenvalue weighted by Gasteiger charge is -2.13. The smallest absolute Gasteiger partial charge is 0.215 e. The van der Waals surface area contributed by atoms with Gasteiger partial charge in [0.05, 0.1) is 40.5 Å². The molecule has 0 saturated heterocycles. The number of carbonyl (C=O) groups excluding carboxylic acids is 2. The number of ketones is 2. The molecule has 2 aromatic carbocycles. The highest BCUT2D eigenvalue weighted by Gasteiger charge is 2.30. The van der Waals surface area contributed by atoms with Crippen LogP contribution >= 0.6 is 39.1 Å². The second kappa shape index (κ2) is 9.47. The van der Waals surface area contributed by atoms with Crippen LogP contribution in [-0.4, -0.2) is 35.3 Å². The number of hydrogen-bond donors (Lipinski definition) is 1. The Morgan fingerprint density at radius 1 is 0.879 bits per heavy atom. The number of halogens is 3. The van der Waals surface area contributed by atoms with Gasteiger partial charge in [-0.1, -0.05) is 47.5 Å². The zero-order valence-electron chi connectivity index (χ0n) is 17.5. The Morgan fingerprint density at radius 2 is 1.42 bits per heavy atom. The number of aromatic nitrogens is 2. The molecule has 2 aromatic heterocycles. The Bertz CT molecular complexity index is 1380. The number of methoxy groups -OCH3 is 2. The summed E-state index contributed by atoms with van der Waals surface area (Å²) in [6, 6.07) is 15.3. The van der Waals surface area contributed by atoms with E-state index in [1.165, 1.54) is 18.8 Å². The number of carbonyl (C=O) groups is 2. The van der Waals surface area contributed by atoms with Gasteiger partial charge in [-0.05, 0) is 46.3 Å². The van der Waals surface area contributed by atoms with Gasteiger partial charge in [0.1, 0.15) is 28.0 Å². The van der Waals surface area contributed by atoms with E-state index in [1.807, 2.05) is 0 Å². The number of ether oxygens (including phenoxy) is 2. The number of aromatic amines is 1. The molecule has 1 N–H and O–H groups in total. The summed E-state index contributed by atoms with van der Waals surface area (Å²) in [5.74, 6) is 0.102. The van der Waals surface area contributed by atoms with Crippen molar-refractivity contribution in [2.75, 3.05) is 14.2 Å². The lowest BCUT2D eigenvalue weighted by Crippen LogP contribution is -2.14. The summed E-state index contributed by atoms with van der Waals surface area (Å²) < 4.78 is 12.4. The normalized spacial score (nSPS) is 10.8. The van der Waals surface area contributed by atoms with E-state index in [-0.39, 0.29) is 33.1 Å². The molecular formula is C24H17BrCl2N2O4. The molecule has 0 aliphatic heterocycles. The van der Waals surface area contributed by atoms with Crippen LogP contribution in [0.1, 0.15) is 32.1 Å². The molecule has 6 nitrogen and oxygen atoms in total. The highest BCUT2D eigenvalue weighted by molar-refractivity contribution is 9.10. The van der Waals surface area contributed by atoms with Gasteiger partial charge in [-0.25, -0.2) is 0 Å². The monoisotopic (exact) mass is 546 g/mol. The molecule has 0 amide bonds. The second-order valence-electron chi connectivity index (χ2n) is 6.90. The third-order valence-electron chi connectivity index (χ3n) is 5.11. The minimum atomic E-state index is -0.384. The van der Waals surface area contributed by atoms with Crippen molar-refractivity contribution in [1.29, 1.82) is 0 Å². The summed E-state index contributed by atoms with van der Waals surface area (Å²) in [7, 11) is 2.97. The molecule has 4 rings (SSSR count). The van der Waals surface area contributed by atoms with E-state index in [1.54, 1.807) is 60.8 Å². The molecular weight excluding hydrogens is 531 g/mol. The van der Waals surface area contributed by atoms with Crippen molar-refractivity contribution < 1.29 is 19.1 Å². The Balaban J connectivity index is 1.91. The average Bonchev–Trinajstić information content (AvgIpc) is 3.41. The summed E-state index contributed by atoms with van der Waals surface area (Å²) in [5.41, 5.74) is 1.41. The molecule has 0 spiro atoms. The minimum Gasteiger partial charge on any atom is -0.496 e. The lowest BCUT2D eigenvalue weighted by molar-refractivity contribution is 0.101. The number of hydrogen-bond acceptors (Lipinski definition) is 4. The molecule has 0 saturated carbocycles. The quantitative estimate of drug-likeness (QED) is 0.273. The van der Waals surface area contributed by atoms with Crippen molar-refractivity contribution in [3.63, 3.8) is 0 Å². The van der Waals surface area contributed by atoms with Crippen LogP contribution in [-0.2, 0) is 0 Å². The molecule has 9 heteroatoms. The van der Waals surface area contributed by atoms with Crippen molar-refractivity contribution in [3.05, 3.63) is 98.0 Å². The highest BCUT2D eigenvalue weighted by atomic mass is 79.9. The van der Waals surface area contributed by atoms with E-state index in [0.29, 0.717) is 32.8 Å². The Kier molecular flexibility index (Phi) is 6.65. The predicted octanol–water partition coefficient (Wildman–Crippen LogP) is 6.35. The van der Waals surface area contributed by atoms with E-state index in [0.717, 1.165) is 0 Å². The van der Waals surface area contributed by atoms with Crippen molar-refractivity contribution >= 4 is 50.7 Å². The van der Waals surface area contributed by atoms with Gasteiger partial charge in [-0.2, -0.15) is 0 Å². The van der Waals surface area contributed by atoms with Crippen LogP contribution in [0.25, 0.3) is 5.69 Å². The number of benzene rings is 2. The third-order valence-corrected chi connectivity index (χ3v) is 6.94. The first-order valence-corrected chi connectivity index (χ1v) is 11.2. The third kappa shape index (κ3) is 3.97. The lowest BCUT2D eigenvalue weighted by atomic mass is 10.1. The number of H-pyrrole nitrogens is 1. The zero-order valence-corrected chi connectivity index (χ0v) is 20.6. The van der Waals surface area contributed by atoms with Gasteiger partial charge in [0.15, 0.2) is 0 Å². The first-order valence-electron chi connectivity index (χ1n) is 9.69. The van der Waals surface area contributed by atoms with E-state index in [4.69, 9.17) is 32.7 Å². The first kappa shape index (κ1) is 23.2. The van der Waals surface area contributed by atoms with Gasteiger partial charge in [-0.15, -0.1) is 0 Å². The molecule has 0 aliphatic rings. The molecule has 0 bridgehead atoms. The highest BCUT2D eigenvalue weighted by Crippen LogP contribution is 2.41. The summed E-state index contributed by atoms with van der Waals surface area (Å²) in [5, 5.41) is 0.224. The maximum Gasteiger partial charge on any atom is 0.215 e. The Hall–Kier alpha value is -3.00. The van der Waals surface area contributed by atoms with Gasteiger partial charge in [0, 0.05) is 6.20 Å². The van der Waals surface area contributed by atoms with Crippen molar-refractivity contribution in [3.8, 4) is 17.2 Å². The standard InChI is InChI=1S/C24H17BrCl2N2O4/c1-32-16-9-5-3-7-13(16)22(30)20-15(11-12-28-20)29-21(18(25)19(26)24(29)27)23(31)14-8-4-6-10-17(14)33-2/h3-12,28H,1-2H3. The average molecular weight is 548 g/mol. The van der Waals surface area contributed by atoms with Crippen LogP contribution in [0.15, 0.2) is 65.3 Å². The number of nitrogens with one attached hydrogen (secondary N) is 1. The van der Waals surface area contributed by atoms with Crippen molar-refractivity contribution in [2.24, 2.45) is 0 Å².